The maximum Gasteiger partial charge on any atom is 0.404 e. The van der Waals surface area contributed by atoms with Gasteiger partial charge in [0, 0.05) is 24.1 Å². The van der Waals surface area contributed by atoms with Crippen molar-refractivity contribution < 1.29 is 24.2 Å². The maximum atomic E-state index is 11.2. The van der Waals surface area contributed by atoms with Crippen LogP contribution in [0.2, 0.25) is 0 Å². The minimum atomic E-state index is -1.03. The minimum Gasteiger partial charge on any atom is -0.493 e. The molecule has 114 valence electrons. The lowest BCUT2D eigenvalue weighted by Crippen LogP contribution is -2.47. The van der Waals surface area contributed by atoms with Gasteiger partial charge >= 0.3 is 6.09 Å². The molecule has 0 bridgehead atoms. The van der Waals surface area contributed by atoms with Gasteiger partial charge in [0.25, 0.3) is 0 Å². The second kappa shape index (κ2) is 7.08. The second-order valence-corrected chi connectivity index (χ2v) is 5.07. The lowest BCUT2D eigenvalue weighted by atomic mass is 9.97. The number of ether oxygens (including phenoxy) is 2. The third-order valence-electron chi connectivity index (χ3n) is 3.51. The number of hydrogen-bond acceptors (Lipinski definition) is 4. The molecule has 1 heterocycles. The summed E-state index contributed by atoms with van der Waals surface area (Å²) in [6.45, 7) is 2.90. The third kappa shape index (κ3) is 4.46. The number of amides is 1. The molecule has 1 fully saturated rings. The van der Waals surface area contributed by atoms with E-state index in [0.717, 1.165) is 0 Å². The largest absolute Gasteiger partial charge is 0.493 e. The predicted molar refractivity (Wildman–Crippen MR) is 75.8 cm³/mol. The van der Waals surface area contributed by atoms with Gasteiger partial charge in [-0.25, -0.2) is 4.79 Å². The van der Waals surface area contributed by atoms with E-state index < -0.39 is 6.09 Å². The van der Waals surface area contributed by atoms with E-state index in [9.17, 15) is 9.59 Å². The Hall–Kier alpha value is -2.08. The van der Waals surface area contributed by atoms with Crippen LogP contribution in [0.4, 0.5) is 4.79 Å². The van der Waals surface area contributed by atoms with Crippen LogP contribution in [0.25, 0.3) is 0 Å². The Morgan fingerprint density at radius 1 is 1.38 bits per heavy atom. The molecule has 0 aromatic heterocycles. The fourth-order valence-corrected chi connectivity index (χ4v) is 2.30. The van der Waals surface area contributed by atoms with Crippen LogP contribution in [0, 0.1) is 5.92 Å². The lowest BCUT2D eigenvalue weighted by Gasteiger charge is -2.31. The molecule has 1 aromatic carbocycles. The highest BCUT2D eigenvalue weighted by molar-refractivity contribution is 5.94. The summed E-state index contributed by atoms with van der Waals surface area (Å²) in [5, 5.41) is 11.3. The molecular formula is C15H19NO5. The number of benzene rings is 1. The molecule has 2 N–H and O–H groups in total. The number of carbonyl (C=O) groups is 2. The van der Waals surface area contributed by atoms with Gasteiger partial charge in [-0.15, -0.1) is 0 Å². The molecule has 2 atom stereocenters. The number of Topliss-reactive ketones (excluding diaryl/α,β-unsaturated/α-hetero) is 1. The van der Waals surface area contributed by atoms with Crippen LogP contribution < -0.4 is 10.1 Å². The molecule has 6 nitrogen and oxygen atoms in total. The van der Waals surface area contributed by atoms with Crippen molar-refractivity contribution in [1.29, 1.82) is 0 Å². The number of rotatable bonds is 5. The molecule has 0 spiro atoms. The SMILES string of the molecule is CC(=O)c1ccc(OCC2COCCC2NC(=O)O)cc1. The monoisotopic (exact) mass is 293 g/mol. The summed E-state index contributed by atoms with van der Waals surface area (Å²) >= 11 is 0. The van der Waals surface area contributed by atoms with Gasteiger partial charge in [-0.3, -0.25) is 4.79 Å². The number of nitrogens with one attached hydrogen (secondary N) is 1. The zero-order valence-electron chi connectivity index (χ0n) is 11.9. The molecule has 1 amide bonds. The van der Waals surface area contributed by atoms with E-state index in [1.54, 1.807) is 24.3 Å². The van der Waals surface area contributed by atoms with Crippen LogP contribution in [-0.4, -0.2) is 42.8 Å². The normalized spacial score (nSPS) is 21.6. The summed E-state index contributed by atoms with van der Waals surface area (Å²) in [5.41, 5.74) is 0.633. The summed E-state index contributed by atoms with van der Waals surface area (Å²) in [6, 6.07) is 6.73. The molecule has 1 saturated heterocycles. The Kier molecular flexibility index (Phi) is 5.16. The van der Waals surface area contributed by atoms with Crippen molar-refractivity contribution in [3.8, 4) is 5.75 Å². The van der Waals surface area contributed by atoms with Crippen molar-refractivity contribution in [2.45, 2.75) is 19.4 Å². The number of ketones is 1. The van der Waals surface area contributed by atoms with Crippen LogP contribution in [0.3, 0.4) is 0 Å². The minimum absolute atomic E-state index is 0.00736. The van der Waals surface area contributed by atoms with Crippen LogP contribution >= 0.6 is 0 Å². The third-order valence-corrected chi connectivity index (χ3v) is 3.51. The Bertz CT molecular complexity index is 499. The first-order valence-corrected chi connectivity index (χ1v) is 6.87. The van der Waals surface area contributed by atoms with E-state index in [0.29, 0.717) is 37.6 Å². The van der Waals surface area contributed by atoms with Crippen LogP contribution in [0.1, 0.15) is 23.7 Å². The van der Waals surface area contributed by atoms with Crippen molar-refractivity contribution in [3.05, 3.63) is 29.8 Å². The van der Waals surface area contributed by atoms with Crippen molar-refractivity contribution >= 4 is 11.9 Å². The van der Waals surface area contributed by atoms with Crippen molar-refractivity contribution in [2.24, 2.45) is 5.92 Å². The molecule has 1 aromatic rings. The zero-order chi connectivity index (χ0) is 15.2. The summed E-state index contributed by atoms with van der Waals surface area (Å²) in [7, 11) is 0. The first-order valence-electron chi connectivity index (χ1n) is 6.87. The van der Waals surface area contributed by atoms with Gasteiger partial charge in [-0.05, 0) is 37.6 Å². The van der Waals surface area contributed by atoms with Crippen LogP contribution in [0.15, 0.2) is 24.3 Å². The Labute approximate surface area is 123 Å². The fraction of sp³-hybridized carbons (Fsp3) is 0.467. The van der Waals surface area contributed by atoms with Crippen LogP contribution in [-0.2, 0) is 4.74 Å². The summed E-state index contributed by atoms with van der Waals surface area (Å²) in [4.78, 5) is 22.0. The zero-order valence-corrected chi connectivity index (χ0v) is 11.9. The van der Waals surface area contributed by atoms with Crippen LogP contribution in [0.5, 0.6) is 5.75 Å². The molecule has 2 unspecified atom stereocenters. The van der Waals surface area contributed by atoms with Crippen molar-refractivity contribution in [2.75, 3.05) is 19.8 Å². The molecule has 21 heavy (non-hydrogen) atoms. The Morgan fingerprint density at radius 3 is 2.71 bits per heavy atom. The molecule has 0 radical (unpaired) electrons. The molecule has 6 heteroatoms. The molecule has 2 rings (SSSR count). The van der Waals surface area contributed by atoms with Gasteiger partial charge in [-0.2, -0.15) is 0 Å². The van der Waals surface area contributed by atoms with Gasteiger partial charge in [-0.1, -0.05) is 0 Å². The van der Waals surface area contributed by atoms with Gasteiger partial charge in [0.15, 0.2) is 5.78 Å². The van der Waals surface area contributed by atoms with E-state index in [1.807, 2.05) is 0 Å². The van der Waals surface area contributed by atoms with Gasteiger partial charge < -0.3 is 19.9 Å². The fourth-order valence-electron chi connectivity index (χ4n) is 2.30. The molecular weight excluding hydrogens is 274 g/mol. The molecule has 1 aliphatic rings. The highest BCUT2D eigenvalue weighted by atomic mass is 16.5. The first-order chi connectivity index (χ1) is 10.1. The Balaban J connectivity index is 1.90. The standard InChI is InChI=1S/C15H19NO5/c1-10(17)11-2-4-13(5-3-11)21-9-12-8-20-7-6-14(12)16-15(18)19/h2-5,12,14,16H,6-9H2,1H3,(H,18,19). The number of hydrogen-bond donors (Lipinski definition) is 2. The summed E-state index contributed by atoms with van der Waals surface area (Å²) in [6.07, 6.45) is -0.387. The van der Waals surface area contributed by atoms with E-state index >= 15 is 0 Å². The van der Waals surface area contributed by atoms with Crippen molar-refractivity contribution in [3.63, 3.8) is 0 Å². The first kappa shape index (κ1) is 15.3. The van der Waals surface area contributed by atoms with E-state index in [4.69, 9.17) is 14.6 Å². The average Bonchev–Trinajstić information content (AvgIpc) is 2.46. The van der Waals surface area contributed by atoms with Crippen molar-refractivity contribution in [1.82, 2.24) is 5.32 Å². The van der Waals surface area contributed by atoms with Gasteiger partial charge in [0.1, 0.15) is 5.75 Å². The smallest absolute Gasteiger partial charge is 0.404 e. The summed E-state index contributed by atoms with van der Waals surface area (Å²) in [5.74, 6) is 0.634. The van der Waals surface area contributed by atoms with E-state index in [2.05, 4.69) is 5.32 Å². The highest BCUT2D eigenvalue weighted by Crippen LogP contribution is 2.18. The maximum absolute atomic E-state index is 11.2. The van der Waals surface area contributed by atoms with E-state index in [1.165, 1.54) is 6.92 Å². The number of carboxylic acid groups (broad SMARTS) is 1. The second-order valence-electron chi connectivity index (χ2n) is 5.07. The number of carbonyl (C=O) groups excluding carboxylic acids is 1. The van der Waals surface area contributed by atoms with Gasteiger partial charge in [0.05, 0.1) is 13.2 Å². The quantitative estimate of drug-likeness (QED) is 0.810. The van der Waals surface area contributed by atoms with Gasteiger partial charge in [0.2, 0.25) is 0 Å². The molecule has 0 aliphatic carbocycles. The molecule has 0 saturated carbocycles. The average molecular weight is 293 g/mol. The lowest BCUT2D eigenvalue weighted by molar-refractivity contribution is 0.0140. The topological polar surface area (TPSA) is 84.9 Å². The van der Waals surface area contributed by atoms with E-state index in [-0.39, 0.29) is 17.7 Å². The Morgan fingerprint density at radius 2 is 2.10 bits per heavy atom. The highest BCUT2D eigenvalue weighted by Gasteiger charge is 2.27. The predicted octanol–water partition coefficient (Wildman–Crippen LogP) is 1.94. The summed E-state index contributed by atoms with van der Waals surface area (Å²) < 4.78 is 11.0. The molecule has 1 aliphatic heterocycles.